The van der Waals surface area contributed by atoms with Crippen LogP contribution in [-0.2, 0) is 11.3 Å². The molecule has 3 nitrogen and oxygen atoms in total. The number of anilines is 1. The van der Waals surface area contributed by atoms with Gasteiger partial charge in [-0.3, -0.25) is 0 Å². The molecule has 2 atom stereocenters. The lowest BCUT2D eigenvalue weighted by molar-refractivity contribution is 0.0299. The number of hydrogen-bond acceptors (Lipinski definition) is 3. The monoisotopic (exact) mass is 290 g/mol. The van der Waals surface area contributed by atoms with Crippen LogP contribution in [0, 0.1) is 6.92 Å². The van der Waals surface area contributed by atoms with E-state index in [0.29, 0.717) is 18.2 Å². The first-order chi connectivity index (χ1) is 10.0. The maximum atomic E-state index is 5.84. The molecule has 1 aromatic rings. The molecule has 0 aromatic heterocycles. The summed E-state index contributed by atoms with van der Waals surface area (Å²) in [5, 5.41) is 3.55. The molecule has 1 heterocycles. The molecule has 1 N–H and O–H groups in total. The maximum absolute atomic E-state index is 5.84. The fourth-order valence-electron chi connectivity index (χ4n) is 2.93. The van der Waals surface area contributed by atoms with E-state index in [-0.39, 0.29) is 0 Å². The number of rotatable bonds is 5. The molecule has 0 spiro atoms. The van der Waals surface area contributed by atoms with Crippen LogP contribution in [0.3, 0.4) is 0 Å². The molecule has 3 heteroatoms. The number of ether oxygens (including phenoxy) is 1. The van der Waals surface area contributed by atoms with Gasteiger partial charge in [-0.25, -0.2) is 0 Å². The van der Waals surface area contributed by atoms with Crippen molar-refractivity contribution in [2.45, 2.75) is 65.8 Å². The van der Waals surface area contributed by atoms with Crippen molar-refractivity contribution in [1.82, 2.24) is 5.32 Å². The highest BCUT2D eigenvalue weighted by Gasteiger charge is 2.27. The van der Waals surface area contributed by atoms with E-state index in [1.54, 1.807) is 0 Å². The Hall–Kier alpha value is -1.06. The predicted octanol–water partition coefficient (Wildman–Crippen LogP) is 3.50. The van der Waals surface area contributed by atoms with Crippen LogP contribution in [0.5, 0.6) is 0 Å². The van der Waals surface area contributed by atoms with E-state index in [2.05, 4.69) is 63.0 Å². The standard InChI is InChI=1S/C18H30N2O/c1-6-17-12-21-15(5)11-20(17)18-8-7-14(4)9-16(18)10-19-13(2)3/h7-9,13,15,17,19H,6,10-12H2,1-5H3. The Morgan fingerprint density at radius 3 is 2.81 bits per heavy atom. The zero-order valence-electron chi connectivity index (χ0n) is 14.1. The summed E-state index contributed by atoms with van der Waals surface area (Å²) in [6, 6.07) is 7.82. The normalized spacial score (nSPS) is 22.9. The summed E-state index contributed by atoms with van der Waals surface area (Å²) < 4.78 is 5.84. The summed E-state index contributed by atoms with van der Waals surface area (Å²) in [4.78, 5) is 2.55. The lowest BCUT2D eigenvalue weighted by Crippen LogP contribution is -2.49. The molecule has 1 aliphatic rings. The van der Waals surface area contributed by atoms with Gasteiger partial charge in [-0.15, -0.1) is 0 Å². The third-order valence-electron chi connectivity index (χ3n) is 4.18. The molecular weight excluding hydrogens is 260 g/mol. The predicted molar refractivity (Wildman–Crippen MR) is 90.0 cm³/mol. The lowest BCUT2D eigenvalue weighted by Gasteiger charge is -2.41. The third-order valence-corrected chi connectivity index (χ3v) is 4.18. The molecule has 1 aliphatic heterocycles. The van der Waals surface area contributed by atoms with Gasteiger partial charge in [0.2, 0.25) is 0 Å². The first-order valence-electron chi connectivity index (χ1n) is 8.22. The van der Waals surface area contributed by atoms with Crippen molar-refractivity contribution in [1.29, 1.82) is 0 Å². The highest BCUT2D eigenvalue weighted by Crippen LogP contribution is 2.28. The Morgan fingerprint density at radius 2 is 2.14 bits per heavy atom. The van der Waals surface area contributed by atoms with Gasteiger partial charge < -0.3 is 15.0 Å². The van der Waals surface area contributed by atoms with Crippen LogP contribution in [0.25, 0.3) is 0 Å². The highest BCUT2D eigenvalue weighted by molar-refractivity contribution is 5.56. The fraction of sp³-hybridized carbons (Fsp3) is 0.667. The van der Waals surface area contributed by atoms with Gasteiger partial charge in [-0.05, 0) is 31.9 Å². The van der Waals surface area contributed by atoms with E-state index in [9.17, 15) is 0 Å². The first kappa shape index (κ1) is 16.3. The molecule has 0 bridgehead atoms. The smallest absolute Gasteiger partial charge is 0.0723 e. The van der Waals surface area contributed by atoms with E-state index in [4.69, 9.17) is 4.74 Å². The molecule has 0 radical (unpaired) electrons. The number of morpholine rings is 1. The molecule has 0 amide bonds. The van der Waals surface area contributed by atoms with Crippen molar-refractivity contribution in [3.63, 3.8) is 0 Å². The van der Waals surface area contributed by atoms with Crippen molar-refractivity contribution >= 4 is 5.69 Å². The van der Waals surface area contributed by atoms with Crippen LogP contribution in [0.4, 0.5) is 5.69 Å². The van der Waals surface area contributed by atoms with Gasteiger partial charge in [0.1, 0.15) is 0 Å². The van der Waals surface area contributed by atoms with Crippen LogP contribution in [0.2, 0.25) is 0 Å². The molecule has 1 aromatic carbocycles. The summed E-state index contributed by atoms with van der Waals surface area (Å²) >= 11 is 0. The van der Waals surface area contributed by atoms with E-state index < -0.39 is 0 Å². The molecule has 2 rings (SSSR count). The van der Waals surface area contributed by atoms with Crippen LogP contribution in [0.1, 0.15) is 45.2 Å². The number of aryl methyl sites for hydroxylation is 1. The summed E-state index contributed by atoms with van der Waals surface area (Å²) in [6.07, 6.45) is 1.43. The van der Waals surface area contributed by atoms with E-state index in [0.717, 1.165) is 26.1 Å². The summed E-state index contributed by atoms with van der Waals surface area (Å²) in [5.41, 5.74) is 4.10. The minimum absolute atomic E-state index is 0.306. The van der Waals surface area contributed by atoms with E-state index >= 15 is 0 Å². The van der Waals surface area contributed by atoms with E-state index in [1.807, 2.05) is 0 Å². The van der Waals surface area contributed by atoms with Crippen LogP contribution < -0.4 is 10.2 Å². The fourth-order valence-corrected chi connectivity index (χ4v) is 2.93. The Morgan fingerprint density at radius 1 is 1.38 bits per heavy atom. The van der Waals surface area contributed by atoms with E-state index in [1.165, 1.54) is 16.8 Å². The quantitative estimate of drug-likeness (QED) is 0.898. The minimum atomic E-state index is 0.306. The SMILES string of the molecule is CCC1COC(C)CN1c1ccc(C)cc1CNC(C)C. The Balaban J connectivity index is 2.27. The van der Waals surface area contributed by atoms with Crippen molar-refractivity contribution < 1.29 is 4.74 Å². The average Bonchev–Trinajstić information content (AvgIpc) is 2.45. The second-order valence-electron chi connectivity index (χ2n) is 6.53. The third kappa shape index (κ3) is 4.21. The summed E-state index contributed by atoms with van der Waals surface area (Å²) in [7, 11) is 0. The highest BCUT2D eigenvalue weighted by atomic mass is 16.5. The van der Waals surface area contributed by atoms with Crippen molar-refractivity contribution in [2.75, 3.05) is 18.1 Å². The number of benzene rings is 1. The number of nitrogens with zero attached hydrogens (tertiary/aromatic N) is 1. The number of nitrogens with one attached hydrogen (secondary N) is 1. The zero-order valence-corrected chi connectivity index (χ0v) is 14.1. The van der Waals surface area contributed by atoms with Gasteiger partial charge in [0, 0.05) is 24.8 Å². The molecule has 118 valence electrons. The molecule has 2 unspecified atom stereocenters. The Kier molecular flexibility index (Phi) is 5.65. The van der Waals surface area contributed by atoms with Gasteiger partial charge in [0.05, 0.1) is 18.8 Å². The molecular formula is C18H30N2O. The van der Waals surface area contributed by atoms with Crippen LogP contribution >= 0.6 is 0 Å². The maximum Gasteiger partial charge on any atom is 0.0723 e. The summed E-state index contributed by atoms with van der Waals surface area (Å²) in [5.74, 6) is 0. The topological polar surface area (TPSA) is 24.5 Å². The van der Waals surface area contributed by atoms with Crippen molar-refractivity contribution in [2.24, 2.45) is 0 Å². The van der Waals surface area contributed by atoms with Gasteiger partial charge in [0.25, 0.3) is 0 Å². The molecule has 1 saturated heterocycles. The summed E-state index contributed by atoms with van der Waals surface area (Å²) in [6.45, 7) is 13.7. The zero-order chi connectivity index (χ0) is 15.4. The van der Waals surface area contributed by atoms with Gasteiger partial charge in [-0.1, -0.05) is 38.5 Å². The van der Waals surface area contributed by atoms with Gasteiger partial charge in [0.15, 0.2) is 0 Å². The second-order valence-corrected chi connectivity index (χ2v) is 6.53. The van der Waals surface area contributed by atoms with Gasteiger partial charge >= 0.3 is 0 Å². The molecule has 0 aliphatic carbocycles. The Labute approximate surface area is 129 Å². The molecule has 0 saturated carbocycles. The first-order valence-corrected chi connectivity index (χ1v) is 8.22. The number of hydrogen-bond donors (Lipinski definition) is 1. The minimum Gasteiger partial charge on any atom is -0.375 e. The second kappa shape index (κ2) is 7.28. The molecule has 21 heavy (non-hydrogen) atoms. The average molecular weight is 290 g/mol. The lowest BCUT2D eigenvalue weighted by atomic mass is 10.0. The largest absolute Gasteiger partial charge is 0.375 e. The van der Waals surface area contributed by atoms with Crippen molar-refractivity contribution in [3.8, 4) is 0 Å². The Bertz CT molecular complexity index is 459. The van der Waals surface area contributed by atoms with Crippen LogP contribution in [-0.4, -0.2) is 31.3 Å². The van der Waals surface area contributed by atoms with Crippen molar-refractivity contribution in [3.05, 3.63) is 29.3 Å². The van der Waals surface area contributed by atoms with Crippen LogP contribution in [0.15, 0.2) is 18.2 Å². The van der Waals surface area contributed by atoms with Gasteiger partial charge in [-0.2, -0.15) is 0 Å². The molecule has 1 fully saturated rings.